The standard InChI is InChI=1S/C21H25N5O5/c1-3-26(4-2)17-11-7-14(8-12-17)19(28)25-24-18(27)13-31-20(29)15-5-9-16(10-6-15)23-21(22)30/h5-12H,3-4,13H2,1-2H3,(H,24,27)(H,25,28)(H3,22,23,30). The van der Waals surface area contributed by atoms with Gasteiger partial charge in [-0.2, -0.15) is 0 Å². The lowest BCUT2D eigenvalue weighted by molar-refractivity contribution is -0.125. The Hall–Kier alpha value is -4.08. The fourth-order valence-electron chi connectivity index (χ4n) is 2.69. The molecule has 2 aromatic rings. The molecule has 10 nitrogen and oxygen atoms in total. The van der Waals surface area contributed by atoms with Crippen molar-refractivity contribution < 1.29 is 23.9 Å². The van der Waals surface area contributed by atoms with E-state index in [0.29, 0.717) is 11.3 Å². The van der Waals surface area contributed by atoms with E-state index in [9.17, 15) is 19.2 Å². The Kier molecular flexibility index (Phi) is 8.38. The second-order valence-corrected chi connectivity index (χ2v) is 6.36. The molecule has 4 amide bonds. The monoisotopic (exact) mass is 427 g/mol. The van der Waals surface area contributed by atoms with Gasteiger partial charge in [-0.05, 0) is 62.4 Å². The number of amides is 4. The van der Waals surface area contributed by atoms with Crippen molar-refractivity contribution in [3.63, 3.8) is 0 Å². The number of ether oxygens (including phenoxy) is 1. The summed E-state index contributed by atoms with van der Waals surface area (Å²) in [5, 5.41) is 2.36. The topological polar surface area (TPSA) is 143 Å². The maximum Gasteiger partial charge on any atom is 0.338 e. The first-order valence-electron chi connectivity index (χ1n) is 9.61. The van der Waals surface area contributed by atoms with Gasteiger partial charge in [-0.15, -0.1) is 0 Å². The lowest BCUT2D eigenvalue weighted by atomic mass is 10.2. The van der Waals surface area contributed by atoms with Crippen LogP contribution in [0.3, 0.4) is 0 Å². The predicted octanol–water partition coefficient (Wildman–Crippen LogP) is 1.64. The molecule has 0 bridgehead atoms. The highest BCUT2D eigenvalue weighted by molar-refractivity contribution is 5.96. The number of primary amides is 1. The molecule has 0 heterocycles. The van der Waals surface area contributed by atoms with Gasteiger partial charge in [0.2, 0.25) is 0 Å². The number of hydrogen-bond donors (Lipinski definition) is 4. The van der Waals surface area contributed by atoms with Crippen molar-refractivity contribution in [3.05, 3.63) is 59.7 Å². The summed E-state index contributed by atoms with van der Waals surface area (Å²) in [6.45, 7) is 5.21. The van der Waals surface area contributed by atoms with Crippen LogP contribution in [-0.4, -0.2) is 43.5 Å². The van der Waals surface area contributed by atoms with Crippen LogP contribution in [0, 0.1) is 0 Å². The summed E-state index contributed by atoms with van der Waals surface area (Å²) < 4.78 is 4.90. The molecule has 0 fully saturated rings. The maximum atomic E-state index is 12.2. The summed E-state index contributed by atoms with van der Waals surface area (Å²) in [4.78, 5) is 48.9. The molecule has 0 saturated heterocycles. The second kappa shape index (κ2) is 11.2. The van der Waals surface area contributed by atoms with Crippen LogP contribution in [0.2, 0.25) is 0 Å². The first-order chi connectivity index (χ1) is 14.8. The molecule has 164 valence electrons. The minimum atomic E-state index is -0.737. The Labute approximate surface area is 179 Å². The SMILES string of the molecule is CCN(CC)c1ccc(C(=O)NNC(=O)COC(=O)c2ccc(NC(N)=O)cc2)cc1. The number of anilines is 2. The summed E-state index contributed by atoms with van der Waals surface area (Å²) in [7, 11) is 0. The third-order valence-corrected chi connectivity index (χ3v) is 4.30. The van der Waals surface area contributed by atoms with Crippen LogP contribution in [0.1, 0.15) is 34.6 Å². The normalized spacial score (nSPS) is 10.0. The zero-order valence-electron chi connectivity index (χ0n) is 17.3. The first kappa shape index (κ1) is 23.2. The molecular formula is C21H25N5O5. The van der Waals surface area contributed by atoms with Gasteiger partial charge in [0.1, 0.15) is 0 Å². The van der Waals surface area contributed by atoms with Gasteiger partial charge in [0.15, 0.2) is 6.61 Å². The predicted molar refractivity (Wildman–Crippen MR) is 116 cm³/mol. The van der Waals surface area contributed by atoms with E-state index >= 15 is 0 Å². The molecule has 0 saturated carbocycles. The number of benzene rings is 2. The summed E-state index contributed by atoms with van der Waals surface area (Å²) in [6.07, 6.45) is 0. The smallest absolute Gasteiger partial charge is 0.338 e. The van der Waals surface area contributed by atoms with Crippen LogP contribution < -0.4 is 26.8 Å². The minimum Gasteiger partial charge on any atom is -0.452 e. The zero-order valence-corrected chi connectivity index (χ0v) is 17.3. The van der Waals surface area contributed by atoms with Crippen molar-refractivity contribution in [2.24, 2.45) is 5.73 Å². The number of carbonyl (C=O) groups excluding carboxylic acids is 4. The number of hydrogen-bond acceptors (Lipinski definition) is 6. The number of nitrogens with one attached hydrogen (secondary N) is 3. The Morgan fingerprint density at radius 1 is 0.871 bits per heavy atom. The summed E-state index contributed by atoms with van der Waals surface area (Å²) in [6, 6.07) is 12.0. The Morgan fingerprint density at radius 2 is 1.45 bits per heavy atom. The highest BCUT2D eigenvalue weighted by Gasteiger charge is 2.12. The van der Waals surface area contributed by atoms with Gasteiger partial charge in [0.05, 0.1) is 5.56 Å². The number of urea groups is 1. The molecule has 0 unspecified atom stereocenters. The fraction of sp³-hybridized carbons (Fsp3) is 0.238. The molecular weight excluding hydrogens is 402 g/mol. The Morgan fingerprint density at radius 3 is 2.00 bits per heavy atom. The third-order valence-electron chi connectivity index (χ3n) is 4.30. The number of nitrogens with two attached hydrogens (primary N) is 1. The molecule has 0 aliphatic rings. The first-order valence-corrected chi connectivity index (χ1v) is 9.61. The molecule has 0 radical (unpaired) electrons. The van der Waals surface area contributed by atoms with E-state index in [-0.39, 0.29) is 5.56 Å². The summed E-state index contributed by atoms with van der Waals surface area (Å²) >= 11 is 0. The molecule has 0 aliphatic heterocycles. The maximum absolute atomic E-state index is 12.2. The molecule has 0 aromatic heterocycles. The van der Waals surface area contributed by atoms with Crippen molar-refractivity contribution in [2.75, 3.05) is 29.9 Å². The van der Waals surface area contributed by atoms with E-state index in [4.69, 9.17) is 10.5 Å². The van der Waals surface area contributed by atoms with E-state index in [1.54, 1.807) is 12.1 Å². The quantitative estimate of drug-likeness (QED) is 0.373. The van der Waals surface area contributed by atoms with Crippen LogP contribution in [0.4, 0.5) is 16.2 Å². The van der Waals surface area contributed by atoms with E-state index in [1.165, 1.54) is 24.3 Å². The van der Waals surface area contributed by atoms with E-state index in [2.05, 4.69) is 21.1 Å². The van der Waals surface area contributed by atoms with Gasteiger partial charge in [-0.3, -0.25) is 20.4 Å². The van der Waals surface area contributed by atoms with Crippen molar-refractivity contribution in [1.29, 1.82) is 0 Å². The molecule has 2 rings (SSSR count). The van der Waals surface area contributed by atoms with Gasteiger partial charge in [0.25, 0.3) is 11.8 Å². The lowest BCUT2D eigenvalue weighted by Crippen LogP contribution is -2.43. The largest absolute Gasteiger partial charge is 0.452 e. The zero-order chi connectivity index (χ0) is 22.8. The highest BCUT2D eigenvalue weighted by Crippen LogP contribution is 2.14. The average Bonchev–Trinajstić information content (AvgIpc) is 2.77. The molecule has 0 spiro atoms. The second-order valence-electron chi connectivity index (χ2n) is 6.36. The number of rotatable bonds is 8. The molecule has 2 aromatic carbocycles. The molecule has 10 heteroatoms. The van der Waals surface area contributed by atoms with Gasteiger partial charge < -0.3 is 20.7 Å². The Bertz CT molecular complexity index is 924. The van der Waals surface area contributed by atoms with Gasteiger partial charge in [-0.25, -0.2) is 9.59 Å². The molecule has 31 heavy (non-hydrogen) atoms. The minimum absolute atomic E-state index is 0.181. The Balaban J connectivity index is 1.79. The summed E-state index contributed by atoms with van der Waals surface area (Å²) in [5.41, 5.74) is 11.4. The van der Waals surface area contributed by atoms with E-state index in [1.807, 2.05) is 26.0 Å². The lowest BCUT2D eigenvalue weighted by Gasteiger charge is -2.21. The van der Waals surface area contributed by atoms with Crippen LogP contribution in [-0.2, 0) is 9.53 Å². The van der Waals surface area contributed by atoms with Crippen molar-refractivity contribution in [2.45, 2.75) is 13.8 Å². The number of esters is 1. The van der Waals surface area contributed by atoms with Crippen LogP contribution in [0.25, 0.3) is 0 Å². The molecule has 5 N–H and O–H groups in total. The number of carbonyl (C=O) groups is 4. The van der Waals surface area contributed by atoms with Crippen molar-refractivity contribution >= 4 is 35.2 Å². The van der Waals surface area contributed by atoms with Gasteiger partial charge in [0, 0.05) is 30.0 Å². The third kappa shape index (κ3) is 7.03. The number of nitrogens with zero attached hydrogens (tertiary/aromatic N) is 1. The van der Waals surface area contributed by atoms with Crippen molar-refractivity contribution in [1.82, 2.24) is 10.9 Å². The van der Waals surface area contributed by atoms with E-state index < -0.39 is 30.4 Å². The van der Waals surface area contributed by atoms with Gasteiger partial charge >= 0.3 is 12.0 Å². The fourth-order valence-corrected chi connectivity index (χ4v) is 2.69. The van der Waals surface area contributed by atoms with Crippen molar-refractivity contribution in [3.8, 4) is 0 Å². The van der Waals surface area contributed by atoms with Crippen LogP contribution in [0.5, 0.6) is 0 Å². The van der Waals surface area contributed by atoms with Gasteiger partial charge in [-0.1, -0.05) is 0 Å². The highest BCUT2D eigenvalue weighted by atomic mass is 16.5. The summed E-state index contributed by atoms with van der Waals surface area (Å²) in [5.74, 6) is -1.93. The van der Waals surface area contributed by atoms with E-state index in [0.717, 1.165) is 18.8 Å². The average molecular weight is 427 g/mol. The van der Waals surface area contributed by atoms with Crippen LogP contribution >= 0.6 is 0 Å². The molecule has 0 atom stereocenters. The number of hydrazine groups is 1. The molecule has 0 aliphatic carbocycles. The van der Waals surface area contributed by atoms with Crippen LogP contribution in [0.15, 0.2) is 48.5 Å².